The zero-order chi connectivity index (χ0) is 18.6. The molecule has 0 radical (unpaired) electrons. The highest BCUT2D eigenvalue weighted by molar-refractivity contribution is 5.55. The molecule has 2 aromatic heterocycles. The van der Waals surface area contributed by atoms with E-state index in [-0.39, 0.29) is 17.9 Å². The van der Waals surface area contributed by atoms with Crippen molar-refractivity contribution in [1.82, 2.24) is 19.7 Å². The molecule has 1 fully saturated rings. The van der Waals surface area contributed by atoms with Gasteiger partial charge in [0, 0.05) is 24.0 Å². The van der Waals surface area contributed by atoms with Crippen LogP contribution in [0.5, 0.6) is 6.01 Å². The van der Waals surface area contributed by atoms with Crippen LogP contribution in [0.3, 0.4) is 0 Å². The third kappa shape index (κ3) is 4.19. The van der Waals surface area contributed by atoms with E-state index >= 15 is 0 Å². The van der Waals surface area contributed by atoms with Gasteiger partial charge in [-0.2, -0.15) is 5.10 Å². The van der Waals surface area contributed by atoms with E-state index in [2.05, 4.69) is 15.1 Å². The molecule has 7 heteroatoms. The van der Waals surface area contributed by atoms with Crippen molar-refractivity contribution in [3.63, 3.8) is 0 Å². The molecule has 0 N–H and O–H groups in total. The van der Waals surface area contributed by atoms with Gasteiger partial charge in [0.2, 0.25) is 0 Å². The summed E-state index contributed by atoms with van der Waals surface area (Å²) in [5, 5.41) is 4.35. The SMILES string of the molecule is O=c1ccc(-c2cnc(OCC3CCC3)nc2)nn1Cc1cccc(F)c1. The number of aromatic nitrogens is 4. The Morgan fingerprint density at radius 2 is 1.96 bits per heavy atom. The largest absolute Gasteiger partial charge is 0.463 e. The van der Waals surface area contributed by atoms with Crippen LogP contribution in [0.1, 0.15) is 24.8 Å². The molecule has 0 unspecified atom stereocenters. The number of hydrogen-bond acceptors (Lipinski definition) is 5. The lowest BCUT2D eigenvalue weighted by atomic mass is 9.86. The first kappa shape index (κ1) is 17.3. The summed E-state index contributed by atoms with van der Waals surface area (Å²) >= 11 is 0. The second kappa shape index (κ2) is 7.65. The van der Waals surface area contributed by atoms with Crippen LogP contribution in [-0.2, 0) is 6.54 Å². The first-order valence-electron chi connectivity index (χ1n) is 8.95. The van der Waals surface area contributed by atoms with Crippen LogP contribution >= 0.6 is 0 Å². The number of ether oxygens (including phenoxy) is 1. The van der Waals surface area contributed by atoms with Crippen LogP contribution in [0.25, 0.3) is 11.3 Å². The van der Waals surface area contributed by atoms with Crippen molar-refractivity contribution >= 4 is 0 Å². The van der Waals surface area contributed by atoms with Gasteiger partial charge in [-0.15, -0.1) is 0 Å². The predicted molar refractivity (Wildman–Crippen MR) is 97.9 cm³/mol. The lowest BCUT2D eigenvalue weighted by Crippen LogP contribution is -2.23. The molecule has 2 heterocycles. The van der Waals surface area contributed by atoms with Crippen LogP contribution in [0, 0.1) is 11.7 Å². The van der Waals surface area contributed by atoms with Crippen LogP contribution < -0.4 is 10.3 Å². The van der Waals surface area contributed by atoms with E-state index in [1.807, 2.05) is 0 Å². The first-order valence-corrected chi connectivity index (χ1v) is 8.95. The molecule has 27 heavy (non-hydrogen) atoms. The van der Waals surface area contributed by atoms with E-state index in [4.69, 9.17) is 4.74 Å². The molecule has 4 rings (SSSR count). The summed E-state index contributed by atoms with van der Waals surface area (Å²) in [4.78, 5) is 20.5. The summed E-state index contributed by atoms with van der Waals surface area (Å²) in [6.07, 6.45) is 6.93. The molecule has 0 atom stereocenters. The molecule has 1 aliphatic rings. The van der Waals surface area contributed by atoms with Crippen molar-refractivity contribution in [2.45, 2.75) is 25.8 Å². The number of nitrogens with zero attached hydrogens (tertiary/aromatic N) is 4. The topological polar surface area (TPSA) is 69.9 Å². The molecule has 0 saturated heterocycles. The second-order valence-electron chi connectivity index (χ2n) is 6.71. The van der Waals surface area contributed by atoms with Gasteiger partial charge in [-0.1, -0.05) is 18.6 Å². The van der Waals surface area contributed by atoms with Gasteiger partial charge in [-0.3, -0.25) is 4.79 Å². The fourth-order valence-corrected chi connectivity index (χ4v) is 2.90. The fourth-order valence-electron chi connectivity index (χ4n) is 2.90. The smallest absolute Gasteiger partial charge is 0.316 e. The maximum Gasteiger partial charge on any atom is 0.316 e. The van der Waals surface area contributed by atoms with Gasteiger partial charge in [0.15, 0.2) is 0 Å². The van der Waals surface area contributed by atoms with Gasteiger partial charge in [-0.05, 0) is 42.5 Å². The quantitative estimate of drug-likeness (QED) is 0.671. The third-order valence-corrected chi connectivity index (χ3v) is 4.68. The van der Waals surface area contributed by atoms with Crippen molar-refractivity contribution in [2.24, 2.45) is 5.92 Å². The van der Waals surface area contributed by atoms with Crippen molar-refractivity contribution in [3.05, 3.63) is 70.5 Å². The lowest BCUT2D eigenvalue weighted by Gasteiger charge is -2.24. The minimum absolute atomic E-state index is 0.188. The number of hydrogen-bond donors (Lipinski definition) is 0. The van der Waals surface area contributed by atoms with E-state index in [1.165, 1.54) is 42.1 Å². The van der Waals surface area contributed by atoms with Crippen molar-refractivity contribution in [1.29, 1.82) is 0 Å². The van der Waals surface area contributed by atoms with E-state index in [0.717, 1.165) is 0 Å². The molecule has 138 valence electrons. The Balaban J connectivity index is 1.50. The van der Waals surface area contributed by atoms with E-state index < -0.39 is 0 Å². The van der Waals surface area contributed by atoms with Crippen molar-refractivity contribution in [2.75, 3.05) is 6.61 Å². The number of halogens is 1. The highest BCUT2D eigenvalue weighted by atomic mass is 19.1. The summed E-state index contributed by atoms with van der Waals surface area (Å²) in [7, 11) is 0. The highest BCUT2D eigenvalue weighted by Gasteiger charge is 2.18. The normalized spacial score (nSPS) is 14.0. The number of benzene rings is 1. The van der Waals surface area contributed by atoms with Gasteiger partial charge < -0.3 is 4.74 Å². The predicted octanol–water partition coefficient (Wildman–Crippen LogP) is 3.07. The summed E-state index contributed by atoms with van der Waals surface area (Å²) in [5.41, 5.74) is 1.65. The molecule has 1 saturated carbocycles. The Bertz CT molecular complexity index is 984. The third-order valence-electron chi connectivity index (χ3n) is 4.68. The van der Waals surface area contributed by atoms with Gasteiger partial charge in [0.05, 0.1) is 18.8 Å². The molecule has 0 spiro atoms. The maximum atomic E-state index is 13.4. The van der Waals surface area contributed by atoms with Gasteiger partial charge >= 0.3 is 6.01 Å². The monoisotopic (exact) mass is 366 g/mol. The second-order valence-corrected chi connectivity index (χ2v) is 6.71. The van der Waals surface area contributed by atoms with E-state index in [0.29, 0.717) is 35.4 Å². The fraction of sp³-hybridized carbons (Fsp3) is 0.300. The van der Waals surface area contributed by atoms with Crippen LogP contribution in [0.15, 0.2) is 53.6 Å². The van der Waals surface area contributed by atoms with Crippen LogP contribution in [0.4, 0.5) is 4.39 Å². The van der Waals surface area contributed by atoms with Crippen molar-refractivity contribution in [3.8, 4) is 17.3 Å². The van der Waals surface area contributed by atoms with Crippen molar-refractivity contribution < 1.29 is 9.13 Å². The Labute approximate surface area is 155 Å². The average molecular weight is 366 g/mol. The Hall–Kier alpha value is -3.09. The lowest BCUT2D eigenvalue weighted by molar-refractivity contribution is 0.170. The Kier molecular flexibility index (Phi) is 4.91. The zero-order valence-corrected chi connectivity index (χ0v) is 14.7. The van der Waals surface area contributed by atoms with Crippen LogP contribution in [0.2, 0.25) is 0 Å². The first-order chi connectivity index (χ1) is 13.2. The minimum Gasteiger partial charge on any atom is -0.463 e. The summed E-state index contributed by atoms with van der Waals surface area (Å²) in [6, 6.07) is 9.51. The summed E-state index contributed by atoms with van der Waals surface area (Å²) < 4.78 is 20.3. The molecular weight excluding hydrogens is 347 g/mol. The minimum atomic E-state index is -0.345. The molecule has 1 aliphatic carbocycles. The van der Waals surface area contributed by atoms with E-state index in [1.54, 1.807) is 30.6 Å². The van der Waals surface area contributed by atoms with Gasteiger partial charge in [-0.25, -0.2) is 19.0 Å². The zero-order valence-electron chi connectivity index (χ0n) is 14.7. The summed E-state index contributed by atoms with van der Waals surface area (Å²) in [5.74, 6) is 0.268. The van der Waals surface area contributed by atoms with E-state index in [9.17, 15) is 9.18 Å². The Morgan fingerprint density at radius 1 is 1.15 bits per heavy atom. The van der Waals surface area contributed by atoms with Gasteiger partial charge in [0.1, 0.15) is 5.82 Å². The highest BCUT2D eigenvalue weighted by Crippen LogP contribution is 2.26. The maximum absolute atomic E-state index is 13.4. The number of rotatable bonds is 6. The van der Waals surface area contributed by atoms with Gasteiger partial charge in [0.25, 0.3) is 5.56 Å². The Morgan fingerprint density at radius 3 is 2.67 bits per heavy atom. The van der Waals surface area contributed by atoms with Crippen LogP contribution in [-0.4, -0.2) is 26.4 Å². The molecule has 0 amide bonds. The molecule has 6 nitrogen and oxygen atoms in total. The molecule has 1 aromatic carbocycles. The molecule has 3 aromatic rings. The molecule has 0 bridgehead atoms. The average Bonchev–Trinajstić information content (AvgIpc) is 2.63. The molecular formula is C20H19FN4O2. The standard InChI is InChI=1S/C20H19FN4O2/c21-17-6-2-5-15(9-17)12-25-19(26)8-7-18(24-25)16-10-22-20(23-11-16)27-13-14-3-1-4-14/h2,5-11,14H,1,3-4,12-13H2. The molecule has 0 aliphatic heterocycles. The summed E-state index contributed by atoms with van der Waals surface area (Å²) in [6.45, 7) is 0.837.